The molecule has 0 aromatic carbocycles. The molecule has 0 aliphatic rings. The van der Waals surface area contributed by atoms with Crippen molar-refractivity contribution in [2.75, 3.05) is 52.4 Å². The molecular formula is C10H20N4O5. The smallest absolute Gasteiger partial charge is 0.317 e. The zero-order valence-corrected chi connectivity index (χ0v) is 10.7. The number of amides is 1. The Morgan fingerprint density at radius 3 is 2.16 bits per heavy atom. The van der Waals surface area contributed by atoms with Gasteiger partial charge in [0.15, 0.2) is 0 Å². The van der Waals surface area contributed by atoms with Gasteiger partial charge in [0, 0.05) is 26.2 Å². The normalized spacial score (nSPS) is 10.9. The van der Waals surface area contributed by atoms with Gasteiger partial charge in [0.2, 0.25) is 5.91 Å². The van der Waals surface area contributed by atoms with E-state index in [2.05, 4.69) is 5.18 Å². The molecule has 0 aliphatic heterocycles. The Morgan fingerprint density at radius 2 is 1.68 bits per heavy atom. The minimum atomic E-state index is -1.05. The number of hydrogen-bond acceptors (Lipinski definition) is 7. The minimum absolute atomic E-state index is 0.0758. The molecule has 0 saturated carbocycles. The summed E-state index contributed by atoms with van der Waals surface area (Å²) in [5.74, 6) is -1.66. The molecule has 0 aliphatic carbocycles. The number of nitroso groups, excluding NO2 is 1. The van der Waals surface area contributed by atoms with Crippen molar-refractivity contribution < 1.29 is 19.8 Å². The third-order valence-corrected chi connectivity index (χ3v) is 2.39. The lowest BCUT2D eigenvalue weighted by Gasteiger charge is -2.24. The van der Waals surface area contributed by atoms with Crippen LogP contribution in [0.3, 0.4) is 0 Å². The van der Waals surface area contributed by atoms with Crippen LogP contribution in [0.4, 0.5) is 0 Å². The van der Waals surface area contributed by atoms with Gasteiger partial charge in [0.05, 0.1) is 26.2 Å². The molecule has 0 fully saturated rings. The van der Waals surface area contributed by atoms with Crippen molar-refractivity contribution in [3.8, 4) is 0 Å². The summed E-state index contributed by atoms with van der Waals surface area (Å²) in [5, 5.41) is 20.3. The number of aliphatic carboxylic acids is 1. The summed E-state index contributed by atoms with van der Waals surface area (Å²) < 4.78 is 0. The lowest BCUT2D eigenvalue weighted by molar-refractivity contribution is -0.138. The fourth-order valence-electron chi connectivity index (χ4n) is 1.57. The zero-order valence-electron chi connectivity index (χ0n) is 10.7. The summed E-state index contributed by atoms with van der Waals surface area (Å²) in [6, 6.07) is 0. The monoisotopic (exact) mass is 276 g/mol. The molecule has 0 radical (unpaired) electrons. The number of nitrogens with zero attached hydrogens (tertiary/aromatic N) is 3. The number of carbonyl (C=O) groups excluding carboxylic acids is 1. The van der Waals surface area contributed by atoms with E-state index in [4.69, 9.17) is 15.9 Å². The molecule has 0 aromatic heterocycles. The number of carboxylic acid groups (broad SMARTS) is 1. The highest BCUT2D eigenvalue weighted by atomic mass is 16.4. The molecule has 1 amide bonds. The van der Waals surface area contributed by atoms with Crippen LogP contribution in [0.15, 0.2) is 5.18 Å². The predicted molar refractivity (Wildman–Crippen MR) is 67.5 cm³/mol. The van der Waals surface area contributed by atoms with Crippen molar-refractivity contribution in [3.63, 3.8) is 0 Å². The van der Waals surface area contributed by atoms with Crippen molar-refractivity contribution in [2.45, 2.75) is 0 Å². The summed E-state index contributed by atoms with van der Waals surface area (Å²) >= 11 is 0. The van der Waals surface area contributed by atoms with Crippen LogP contribution in [-0.4, -0.2) is 84.3 Å². The molecule has 0 unspecified atom stereocenters. The van der Waals surface area contributed by atoms with E-state index in [9.17, 15) is 14.5 Å². The molecule has 0 spiro atoms. The SMILES string of the molecule is NC(=O)CN(CCN(CCO)CCN=O)CC(=O)O. The maximum absolute atomic E-state index is 10.8. The Balaban J connectivity index is 4.25. The average Bonchev–Trinajstić information content (AvgIpc) is 2.31. The minimum Gasteiger partial charge on any atom is -0.480 e. The Kier molecular flexibility index (Phi) is 9.49. The molecule has 9 heteroatoms. The topological polar surface area (TPSA) is 137 Å². The molecule has 0 bridgehead atoms. The van der Waals surface area contributed by atoms with Crippen LogP contribution < -0.4 is 5.73 Å². The van der Waals surface area contributed by atoms with Crippen LogP contribution in [0, 0.1) is 4.91 Å². The van der Waals surface area contributed by atoms with Gasteiger partial charge in [-0.2, -0.15) is 4.91 Å². The Labute approximate surface area is 110 Å². The van der Waals surface area contributed by atoms with Gasteiger partial charge < -0.3 is 15.9 Å². The molecule has 0 atom stereocenters. The van der Waals surface area contributed by atoms with E-state index in [0.29, 0.717) is 26.2 Å². The van der Waals surface area contributed by atoms with Crippen LogP contribution in [0.1, 0.15) is 0 Å². The predicted octanol–water partition coefficient (Wildman–Crippen LogP) is -2.08. The zero-order chi connectivity index (χ0) is 14.7. The van der Waals surface area contributed by atoms with Crippen LogP contribution >= 0.6 is 0 Å². The first-order valence-corrected chi connectivity index (χ1v) is 5.84. The second-order valence-corrected chi connectivity index (χ2v) is 3.99. The maximum Gasteiger partial charge on any atom is 0.317 e. The third-order valence-electron chi connectivity index (χ3n) is 2.39. The molecule has 19 heavy (non-hydrogen) atoms. The van der Waals surface area contributed by atoms with Crippen molar-refractivity contribution in [2.24, 2.45) is 10.9 Å². The number of carbonyl (C=O) groups is 2. The first-order valence-electron chi connectivity index (χ1n) is 5.84. The second kappa shape index (κ2) is 10.4. The van der Waals surface area contributed by atoms with Crippen molar-refractivity contribution >= 4 is 11.9 Å². The van der Waals surface area contributed by atoms with Gasteiger partial charge >= 0.3 is 5.97 Å². The highest BCUT2D eigenvalue weighted by molar-refractivity contribution is 5.77. The molecule has 0 heterocycles. The summed E-state index contributed by atoms with van der Waals surface area (Å²) in [4.78, 5) is 34.6. The second-order valence-electron chi connectivity index (χ2n) is 3.99. The Hall–Kier alpha value is -1.58. The largest absolute Gasteiger partial charge is 0.480 e. The molecule has 9 nitrogen and oxygen atoms in total. The standard InChI is InChI=1S/C10H20N4O5/c11-9(16)7-14(8-10(17)18)4-3-13(5-6-15)2-1-12-19/h15H,1-8H2,(H2,11,16)(H,17,18). The average molecular weight is 276 g/mol. The summed E-state index contributed by atoms with van der Waals surface area (Å²) in [6.45, 7) is 1.02. The molecule has 110 valence electrons. The number of carboxylic acids is 1. The van der Waals surface area contributed by atoms with Crippen molar-refractivity contribution in [1.82, 2.24) is 9.80 Å². The lowest BCUT2D eigenvalue weighted by atomic mass is 10.4. The summed E-state index contributed by atoms with van der Waals surface area (Å²) in [5.41, 5.74) is 5.03. The van der Waals surface area contributed by atoms with Gasteiger partial charge in [-0.15, -0.1) is 0 Å². The quantitative estimate of drug-likeness (QED) is 0.348. The van der Waals surface area contributed by atoms with E-state index in [-0.39, 0.29) is 26.2 Å². The van der Waals surface area contributed by atoms with Crippen LogP contribution in [-0.2, 0) is 9.59 Å². The number of rotatable bonds is 12. The highest BCUT2D eigenvalue weighted by Gasteiger charge is 2.14. The number of primary amides is 1. The van der Waals surface area contributed by atoms with Crippen LogP contribution in [0.2, 0.25) is 0 Å². The summed E-state index contributed by atoms with van der Waals surface area (Å²) in [6.07, 6.45) is 0. The number of nitrogens with two attached hydrogens (primary N) is 1. The van der Waals surface area contributed by atoms with Crippen molar-refractivity contribution in [1.29, 1.82) is 0 Å². The van der Waals surface area contributed by atoms with Gasteiger partial charge in [0.25, 0.3) is 0 Å². The molecule has 4 N–H and O–H groups in total. The fraction of sp³-hybridized carbons (Fsp3) is 0.800. The van der Waals surface area contributed by atoms with E-state index in [0.717, 1.165) is 0 Å². The van der Waals surface area contributed by atoms with Crippen LogP contribution in [0.5, 0.6) is 0 Å². The first-order chi connectivity index (χ1) is 8.99. The molecule has 0 rings (SSSR count). The summed E-state index contributed by atoms with van der Waals surface area (Å²) in [7, 11) is 0. The number of aliphatic hydroxyl groups is 1. The van der Waals surface area contributed by atoms with E-state index in [1.54, 1.807) is 4.90 Å². The van der Waals surface area contributed by atoms with E-state index in [1.807, 2.05) is 0 Å². The highest BCUT2D eigenvalue weighted by Crippen LogP contribution is 1.93. The molecule has 0 saturated heterocycles. The van der Waals surface area contributed by atoms with Crippen LogP contribution in [0.25, 0.3) is 0 Å². The van der Waals surface area contributed by atoms with Crippen molar-refractivity contribution in [3.05, 3.63) is 4.91 Å². The van der Waals surface area contributed by atoms with Gasteiger partial charge in [-0.1, -0.05) is 5.18 Å². The molecule has 0 aromatic rings. The van der Waals surface area contributed by atoms with Gasteiger partial charge in [-0.25, -0.2) is 0 Å². The fourth-order valence-corrected chi connectivity index (χ4v) is 1.57. The number of hydrogen-bond donors (Lipinski definition) is 3. The lowest BCUT2D eigenvalue weighted by Crippen LogP contribution is -2.43. The Morgan fingerprint density at radius 1 is 1.05 bits per heavy atom. The Bertz CT molecular complexity index is 284. The van der Waals surface area contributed by atoms with Gasteiger partial charge in [-0.05, 0) is 0 Å². The van der Waals surface area contributed by atoms with Gasteiger partial charge in [0.1, 0.15) is 0 Å². The van der Waals surface area contributed by atoms with E-state index in [1.165, 1.54) is 4.90 Å². The maximum atomic E-state index is 10.8. The molecular weight excluding hydrogens is 256 g/mol. The van der Waals surface area contributed by atoms with E-state index < -0.39 is 11.9 Å². The van der Waals surface area contributed by atoms with E-state index >= 15 is 0 Å². The van der Waals surface area contributed by atoms with Gasteiger partial charge in [-0.3, -0.25) is 19.4 Å². The third kappa shape index (κ3) is 10.1. The first kappa shape index (κ1) is 17.4. The number of aliphatic hydroxyl groups excluding tert-OH is 1.